The average Bonchev–Trinajstić information content (AvgIpc) is 3.89. The van der Waals surface area contributed by atoms with Crippen LogP contribution in [0.2, 0.25) is 0 Å². The molecule has 6 aromatic heterocycles. The van der Waals surface area contributed by atoms with E-state index in [1.807, 2.05) is 48.5 Å². The maximum atomic E-state index is 15.3. The largest absolute Gasteiger partial charge is 0.235 e. The third-order valence-electron chi connectivity index (χ3n) is 7.94. The van der Waals surface area contributed by atoms with E-state index < -0.39 is 0 Å². The summed E-state index contributed by atoms with van der Waals surface area (Å²) >= 11 is 9.31. The van der Waals surface area contributed by atoms with Crippen molar-refractivity contribution in [1.29, 1.82) is 0 Å². The van der Waals surface area contributed by atoms with Gasteiger partial charge in [-0.15, -0.1) is 68.0 Å². The number of fused-ring (bicyclic) bond motifs is 5. The minimum Gasteiger partial charge on any atom is -0.235 e. The lowest BCUT2D eigenvalue weighted by Gasteiger charge is -1.99. The standard InChI is InChI=1S/C36H16F2N2S6/c37-21-15-31(35-39-23-5-1-3-7-25(23)45-35)43-33(21)29-13-19-9-17-12-28-20(10-18(17)11-27(19)41-29)14-30(42-28)34-22(38)16-32(44-34)36-40-24-6-2-4-8-26(24)46-36/h1-16H. The lowest BCUT2D eigenvalue weighted by molar-refractivity contribution is 0.636. The van der Waals surface area contributed by atoms with Gasteiger partial charge in [-0.25, -0.2) is 18.7 Å². The van der Waals surface area contributed by atoms with Crippen LogP contribution in [-0.2, 0) is 0 Å². The summed E-state index contributed by atoms with van der Waals surface area (Å²) in [7, 11) is 0. The quantitative estimate of drug-likeness (QED) is 0.182. The van der Waals surface area contributed by atoms with E-state index in [4.69, 9.17) is 9.97 Å². The summed E-state index contributed by atoms with van der Waals surface area (Å²) in [5, 5.41) is 6.09. The number of hydrogen-bond donors (Lipinski definition) is 0. The molecule has 2 nitrogen and oxygen atoms in total. The molecular weight excluding hydrogens is 691 g/mol. The first-order valence-corrected chi connectivity index (χ1v) is 19.1. The van der Waals surface area contributed by atoms with Crippen molar-refractivity contribution in [3.05, 3.63) is 109 Å². The molecule has 0 N–H and O–H groups in total. The van der Waals surface area contributed by atoms with Crippen LogP contribution in [0.25, 0.3) is 90.7 Å². The Kier molecular flexibility index (Phi) is 6.10. The number of rotatable bonds is 4. The van der Waals surface area contributed by atoms with Gasteiger partial charge in [0.25, 0.3) is 0 Å². The van der Waals surface area contributed by atoms with Gasteiger partial charge >= 0.3 is 0 Å². The average molecular weight is 707 g/mol. The topological polar surface area (TPSA) is 25.8 Å². The minimum absolute atomic E-state index is 0.212. The zero-order chi connectivity index (χ0) is 30.5. The fourth-order valence-corrected chi connectivity index (χ4v) is 12.3. The van der Waals surface area contributed by atoms with E-state index >= 15 is 8.78 Å². The van der Waals surface area contributed by atoms with Crippen LogP contribution in [0.4, 0.5) is 8.78 Å². The Balaban J connectivity index is 1.00. The number of benzene rings is 4. The Labute approximate surface area is 284 Å². The number of hydrogen-bond acceptors (Lipinski definition) is 8. The number of halogens is 2. The SMILES string of the molecule is Fc1cc(-c2nc3ccccc3s2)sc1-c1cc2cc3cc4sc(-c5sc(-c6nc7ccccc7s6)cc5F)cc4cc3cc2s1. The van der Waals surface area contributed by atoms with Gasteiger partial charge in [-0.2, -0.15) is 0 Å². The Morgan fingerprint density at radius 2 is 0.848 bits per heavy atom. The summed E-state index contributed by atoms with van der Waals surface area (Å²) < 4.78 is 35.0. The molecule has 10 aromatic rings. The van der Waals surface area contributed by atoms with E-state index in [1.165, 1.54) is 22.7 Å². The highest BCUT2D eigenvalue weighted by Crippen LogP contribution is 2.47. The lowest BCUT2D eigenvalue weighted by Crippen LogP contribution is -1.72. The van der Waals surface area contributed by atoms with Gasteiger partial charge in [0, 0.05) is 19.2 Å². The van der Waals surface area contributed by atoms with Gasteiger partial charge in [0.05, 0.1) is 39.9 Å². The molecule has 10 heteroatoms. The van der Waals surface area contributed by atoms with Crippen molar-refractivity contribution < 1.29 is 8.78 Å². The molecule has 6 heterocycles. The van der Waals surface area contributed by atoms with Crippen molar-refractivity contribution in [2.45, 2.75) is 0 Å². The first kappa shape index (κ1) is 27.2. The highest BCUT2D eigenvalue weighted by Gasteiger charge is 2.19. The normalized spacial score (nSPS) is 12.1. The second kappa shape index (κ2) is 10.3. The Bertz CT molecular complexity index is 2480. The molecule has 0 aliphatic carbocycles. The van der Waals surface area contributed by atoms with Gasteiger partial charge in [0.2, 0.25) is 0 Å². The highest BCUT2D eigenvalue weighted by molar-refractivity contribution is 7.30. The first-order valence-electron chi connectivity index (χ1n) is 14.2. The zero-order valence-electron chi connectivity index (χ0n) is 23.3. The van der Waals surface area contributed by atoms with Crippen molar-refractivity contribution >= 4 is 119 Å². The van der Waals surface area contributed by atoms with Crippen molar-refractivity contribution in [1.82, 2.24) is 9.97 Å². The van der Waals surface area contributed by atoms with Crippen LogP contribution in [0.3, 0.4) is 0 Å². The number of thiazole rings is 2. The van der Waals surface area contributed by atoms with Crippen molar-refractivity contribution in [2.75, 3.05) is 0 Å². The predicted octanol–water partition coefficient (Wildman–Crippen LogP) is 13.6. The van der Waals surface area contributed by atoms with E-state index in [-0.39, 0.29) is 11.6 Å². The van der Waals surface area contributed by atoms with Crippen LogP contribution < -0.4 is 0 Å². The van der Waals surface area contributed by atoms with Crippen LogP contribution in [0.15, 0.2) is 97.1 Å². The van der Waals surface area contributed by atoms with E-state index in [1.54, 1.807) is 57.5 Å². The third kappa shape index (κ3) is 4.40. The second-order valence-corrected chi connectivity index (χ2v) is 17.2. The predicted molar refractivity (Wildman–Crippen MR) is 198 cm³/mol. The van der Waals surface area contributed by atoms with E-state index in [9.17, 15) is 0 Å². The zero-order valence-corrected chi connectivity index (χ0v) is 28.2. The number of thiophene rings is 4. The smallest absolute Gasteiger partial charge is 0.143 e. The molecule has 0 amide bonds. The molecule has 220 valence electrons. The van der Waals surface area contributed by atoms with Crippen LogP contribution in [0, 0.1) is 11.6 Å². The van der Waals surface area contributed by atoms with Gasteiger partial charge in [0.15, 0.2) is 0 Å². The van der Waals surface area contributed by atoms with Gasteiger partial charge in [-0.05, 0) is 94.3 Å². The second-order valence-electron chi connectivity index (χ2n) is 10.9. The molecule has 0 spiro atoms. The van der Waals surface area contributed by atoms with Crippen LogP contribution in [-0.4, -0.2) is 9.97 Å². The molecule has 4 aromatic carbocycles. The van der Waals surface area contributed by atoms with Gasteiger partial charge in [-0.3, -0.25) is 0 Å². The first-order chi connectivity index (χ1) is 22.5. The van der Waals surface area contributed by atoms with Crippen molar-refractivity contribution in [3.63, 3.8) is 0 Å². The molecule has 0 fully saturated rings. The van der Waals surface area contributed by atoms with Crippen LogP contribution >= 0.6 is 68.0 Å². The number of aromatic nitrogens is 2. The fourth-order valence-electron chi connectivity index (χ4n) is 5.79. The fraction of sp³-hybridized carbons (Fsp3) is 0. The highest BCUT2D eigenvalue weighted by atomic mass is 32.1. The molecule has 0 aliphatic heterocycles. The molecule has 10 rings (SSSR count). The molecule has 0 unspecified atom stereocenters. The molecule has 0 radical (unpaired) electrons. The monoisotopic (exact) mass is 706 g/mol. The summed E-state index contributed by atoms with van der Waals surface area (Å²) in [6, 6.07) is 32.2. The van der Waals surface area contributed by atoms with Crippen LogP contribution in [0.1, 0.15) is 0 Å². The Hall–Kier alpha value is -3.90. The maximum Gasteiger partial charge on any atom is 0.143 e. The summed E-state index contributed by atoms with van der Waals surface area (Å²) in [6.45, 7) is 0. The molecule has 46 heavy (non-hydrogen) atoms. The maximum absolute atomic E-state index is 15.3. The van der Waals surface area contributed by atoms with E-state index in [0.717, 1.165) is 80.9 Å². The van der Waals surface area contributed by atoms with E-state index in [0.29, 0.717) is 9.75 Å². The molecule has 0 aliphatic rings. The molecule has 0 saturated carbocycles. The Morgan fingerprint density at radius 3 is 1.30 bits per heavy atom. The van der Waals surface area contributed by atoms with Crippen LogP contribution in [0.5, 0.6) is 0 Å². The summed E-state index contributed by atoms with van der Waals surface area (Å²) in [5.74, 6) is -0.425. The van der Waals surface area contributed by atoms with E-state index in [2.05, 4.69) is 36.4 Å². The lowest BCUT2D eigenvalue weighted by atomic mass is 10.1. The summed E-state index contributed by atoms with van der Waals surface area (Å²) in [5.41, 5.74) is 1.88. The number of nitrogens with zero attached hydrogens (tertiary/aromatic N) is 2. The molecule has 0 bridgehead atoms. The molecule has 0 atom stereocenters. The van der Waals surface area contributed by atoms with Gasteiger partial charge in [0.1, 0.15) is 21.6 Å². The molecule has 0 saturated heterocycles. The summed E-state index contributed by atoms with van der Waals surface area (Å²) in [6.07, 6.45) is 0. The Morgan fingerprint density at radius 1 is 0.391 bits per heavy atom. The number of para-hydroxylation sites is 2. The van der Waals surface area contributed by atoms with Gasteiger partial charge < -0.3 is 0 Å². The van der Waals surface area contributed by atoms with Crippen molar-refractivity contribution in [3.8, 4) is 39.3 Å². The third-order valence-corrected chi connectivity index (χ3v) is 15.1. The minimum atomic E-state index is -0.212. The summed E-state index contributed by atoms with van der Waals surface area (Å²) in [4.78, 5) is 14.3. The molecular formula is C36H16F2N2S6. The van der Waals surface area contributed by atoms with Gasteiger partial charge in [-0.1, -0.05) is 24.3 Å². The van der Waals surface area contributed by atoms with Crippen molar-refractivity contribution in [2.24, 2.45) is 0 Å².